The van der Waals surface area contributed by atoms with Gasteiger partial charge < -0.3 is 20.0 Å². The van der Waals surface area contributed by atoms with Gasteiger partial charge in [0.15, 0.2) is 0 Å². The predicted molar refractivity (Wildman–Crippen MR) is 168 cm³/mol. The Labute approximate surface area is 252 Å². The van der Waals surface area contributed by atoms with E-state index in [4.69, 9.17) is 0 Å². The third-order valence-electron chi connectivity index (χ3n) is 8.77. The van der Waals surface area contributed by atoms with Crippen molar-refractivity contribution in [3.05, 3.63) is 59.3 Å². The summed E-state index contributed by atoms with van der Waals surface area (Å²) >= 11 is 1.60. The maximum atomic E-state index is 13.8. The van der Waals surface area contributed by atoms with Gasteiger partial charge >= 0.3 is 6.03 Å². The van der Waals surface area contributed by atoms with Crippen LogP contribution in [0.15, 0.2) is 42.6 Å². The Bertz CT molecular complexity index is 1510. The number of nitrogens with one attached hydrogen (secondary N) is 2. The van der Waals surface area contributed by atoms with Gasteiger partial charge in [-0.15, -0.1) is 11.8 Å². The van der Waals surface area contributed by atoms with E-state index in [2.05, 4.69) is 55.3 Å². The molecule has 3 aliphatic rings. The number of hydrogen-bond donors (Lipinski definition) is 2. The lowest BCUT2D eigenvalue weighted by molar-refractivity contribution is -0.137. The molecule has 9 nitrogen and oxygen atoms in total. The molecule has 0 spiro atoms. The summed E-state index contributed by atoms with van der Waals surface area (Å²) in [6.07, 6.45) is 4.37. The summed E-state index contributed by atoms with van der Waals surface area (Å²) in [5.41, 5.74) is 5.25. The molecule has 2 fully saturated rings. The van der Waals surface area contributed by atoms with Crippen molar-refractivity contribution >= 4 is 46.2 Å². The van der Waals surface area contributed by atoms with Crippen molar-refractivity contribution in [2.45, 2.75) is 76.6 Å². The summed E-state index contributed by atoms with van der Waals surface area (Å²) in [5.74, 6) is 0.0664. The molecule has 0 bridgehead atoms. The van der Waals surface area contributed by atoms with Gasteiger partial charge in [0.25, 0.3) is 0 Å². The molecule has 0 saturated carbocycles. The van der Waals surface area contributed by atoms with Gasteiger partial charge in [-0.05, 0) is 60.4 Å². The number of H-pyrrole nitrogens is 1. The van der Waals surface area contributed by atoms with Gasteiger partial charge in [-0.1, -0.05) is 45.0 Å². The van der Waals surface area contributed by atoms with E-state index in [9.17, 15) is 14.4 Å². The van der Waals surface area contributed by atoms with E-state index in [1.807, 2.05) is 45.2 Å². The van der Waals surface area contributed by atoms with Crippen LogP contribution in [0.2, 0.25) is 0 Å². The Morgan fingerprint density at radius 1 is 1.14 bits per heavy atom. The molecule has 3 aliphatic heterocycles. The van der Waals surface area contributed by atoms with Crippen molar-refractivity contribution < 1.29 is 15.8 Å². The van der Waals surface area contributed by atoms with Crippen LogP contribution in [-0.2, 0) is 16.1 Å². The molecule has 10 heteroatoms. The quantitative estimate of drug-likeness (QED) is 0.371. The van der Waals surface area contributed by atoms with Crippen molar-refractivity contribution in [2.24, 2.45) is 5.41 Å². The largest absolute Gasteiger partial charge is 0.342 e. The van der Waals surface area contributed by atoms with Crippen molar-refractivity contribution in [2.75, 3.05) is 25.0 Å². The molecule has 2 aromatic carbocycles. The Balaban J connectivity index is 0.00000368. The second-order valence-corrected chi connectivity index (χ2v) is 14.3. The first-order valence-electron chi connectivity index (χ1n) is 14.9. The summed E-state index contributed by atoms with van der Waals surface area (Å²) in [5, 5.41) is 10.7. The Morgan fingerprint density at radius 3 is 2.67 bits per heavy atom. The van der Waals surface area contributed by atoms with E-state index < -0.39 is 5.25 Å². The smallest absolute Gasteiger partial charge is 0.322 e. The van der Waals surface area contributed by atoms with E-state index in [0.29, 0.717) is 26.2 Å². The average Bonchev–Trinajstić information content (AvgIpc) is 3.56. The number of urea groups is 1. The second-order valence-electron chi connectivity index (χ2n) is 13.0. The maximum absolute atomic E-state index is 13.8. The summed E-state index contributed by atoms with van der Waals surface area (Å²) < 4.78 is 0. The number of amides is 4. The minimum atomic E-state index is -0.412. The highest BCUT2D eigenvalue weighted by molar-refractivity contribution is 8.01. The molecule has 2 unspecified atom stereocenters. The molecule has 4 heterocycles. The van der Waals surface area contributed by atoms with E-state index in [0.717, 1.165) is 52.5 Å². The van der Waals surface area contributed by atoms with Crippen molar-refractivity contribution in [1.82, 2.24) is 24.9 Å². The number of anilines is 1. The van der Waals surface area contributed by atoms with Crippen LogP contribution in [0.1, 0.15) is 69.9 Å². The van der Waals surface area contributed by atoms with E-state index in [1.165, 1.54) is 0 Å². The fraction of sp³-hybridized carbons (Fsp3) is 0.500. The summed E-state index contributed by atoms with van der Waals surface area (Å²) in [4.78, 5) is 45.8. The number of piperidine rings is 1. The molecule has 42 heavy (non-hydrogen) atoms. The minimum absolute atomic E-state index is 0. The van der Waals surface area contributed by atoms with Gasteiger partial charge in [-0.2, -0.15) is 5.10 Å². The zero-order valence-electron chi connectivity index (χ0n) is 24.9. The Hall–Kier alpha value is -3.53. The first-order valence-corrected chi connectivity index (χ1v) is 15.8. The van der Waals surface area contributed by atoms with Gasteiger partial charge in [0.1, 0.15) is 5.37 Å². The number of benzene rings is 2. The number of aromatic nitrogens is 2. The van der Waals surface area contributed by atoms with Crippen molar-refractivity contribution in [1.29, 1.82) is 0 Å². The van der Waals surface area contributed by atoms with Gasteiger partial charge in [0.2, 0.25) is 11.8 Å². The standard InChI is InChI=1S/C32H40N6O3S.H2/c1-20-15-22(16-23-18-33-35-28(20)23)30-37(14-11-32(2,3)4)29(40)26(42-30)17-27(39)36-12-9-24(10-13-36)38-19-21-7-5-6-8-25(21)34-31(38)41;/h5-8,15-16,18,24,26,30H,9-14,17,19H2,1-4H3,(H,33,35)(H,34,41);1H. The fourth-order valence-corrected chi connectivity index (χ4v) is 7.76. The summed E-state index contributed by atoms with van der Waals surface area (Å²) in [6.45, 7) is 11.0. The van der Waals surface area contributed by atoms with E-state index in [1.54, 1.807) is 11.8 Å². The van der Waals surface area contributed by atoms with E-state index >= 15 is 0 Å². The van der Waals surface area contributed by atoms with Crippen molar-refractivity contribution in [3.8, 4) is 0 Å². The van der Waals surface area contributed by atoms with Crippen LogP contribution in [0, 0.1) is 12.3 Å². The van der Waals surface area contributed by atoms with Gasteiger partial charge in [0, 0.05) is 51.1 Å². The second kappa shape index (κ2) is 11.3. The third-order valence-corrected chi connectivity index (χ3v) is 10.3. The average molecular weight is 591 g/mol. The SMILES string of the molecule is Cc1cc(C2SC(CC(=O)N3CCC(N4Cc5ccccc5NC4=O)CC3)C(=O)N2CCC(C)(C)C)cc2cn[nH]c12.[HH]. The number of aromatic amines is 1. The highest BCUT2D eigenvalue weighted by Gasteiger charge is 2.43. The normalized spacial score (nSPS) is 21.7. The number of nitrogens with zero attached hydrogens (tertiary/aromatic N) is 4. The van der Waals surface area contributed by atoms with Crippen molar-refractivity contribution in [3.63, 3.8) is 0 Å². The maximum Gasteiger partial charge on any atom is 0.322 e. The zero-order chi connectivity index (χ0) is 29.6. The number of thioether (sulfide) groups is 1. The molecule has 2 saturated heterocycles. The molecular weight excluding hydrogens is 548 g/mol. The third kappa shape index (κ3) is 5.73. The van der Waals surface area contributed by atoms with Crippen LogP contribution in [0.25, 0.3) is 10.9 Å². The number of hydrogen-bond acceptors (Lipinski definition) is 5. The molecule has 6 rings (SSSR count). The lowest BCUT2D eigenvalue weighted by Gasteiger charge is -2.40. The number of fused-ring (bicyclic) bond motifs is 2. The highest BCUT2D eigenvalue weighted by Crippen LogP contribution is 2.46. The van der Waals surface area contributed by atoms with Gasteiger partial charge in [0.05, 0.1) is 17.0 Å². The summed E-state index contributed by atoms with van der Waals surface area (Å²) in [7, 11) is 0. The number of likely N-dealkylation sites (tertiary alicyclic amines) is 1. The Kier molecular flexibility index (Phi) is 7.68. The molecular formula is C32H42N6O3S. The molecule has 1 aromatic heterocycles. The van der Waals surface area contributed by atoms with Crippen LogP contribution in [-0.4, -0.2) is 73.7 Å². The Morgan fingerprint density at radius 2 is 1.90 bits per heavy atom. The molecule has 2 atom stereocenters. The van der Waals surface area contributed by atoms with Crippen LogP contribution in [0.5, 0.6) is 0 Å². The number of carbonyl (C=O) groups excluding carboxylic acids is 3. The predicted octanol–water partition coefficient (Wildman–Crippen LogP) is 5.92. The van der Waals surface area contributed by atoms with Gasteiger partial charge in [-0.25, -0.2) is 4.79 Å². The first kappa shape index (κ1) is 28.6. The summed E-state index contributed by atoms with van der Waals surface area (Å²) in [6, 6.07) is 12.2. The van der Waals surface area contributed by atoms with E-state index in [-0.39, 0.29) is 42.5 Å². The lowest BCUT2D eigenvalue weighted by atomic mass is 9.92. The lowest BCUT2D eigenvalue weighted by Crippen LogP contribution is -2.51. The van der Waals surface area contributed by atoms with Crippen LogP contribution >= 0.6 is 11.8 Å². The minimum Gasteiger partial charge on any atom is -0.342 e. The molecule has 2 N–H and O–H groups in total. The van der Waals surface area contributed by atoms with Gasteiger partial charge in [-0.3, -0.25) is 14.7 Å². The molecule has 224 valence electrons. The topological polar surface area (TPSA) is 102 Å². The molecule has 0 aliphatic carbocycles. The number of para-hydroxylation sites is 1. The fourth-order valence-electron chi connectivity index (χ4n) is 6.30. The zero-order valence-corrected chi connectivity index (χ0v) is 25.7. The molecule has 4 amide bonds. The number of rotatable bonds is 6. The highest BCUT2D eigenvalue weighted by atomic mass is 32.2. The number of aryl methyl sites for hydroxylation is 1. The van der Waals surface area contributed by atoms with Crippen LogP contribution in [0.4, 0.5) is 10.5 Å². The van der Waals surface area contributed by atoms with Crippen LogP contribution in [0.3, 0.4) is 0 Å². The van der Waals surface area contributed by atoms with Crippen LogP contribution < -0.4 is 5.32 Å². The molecule has 3 aromatic rings. The monoisotopic (exact) mass is 590 g/mol. The molecule has 0 radical (unpaired) electrons. The number of carbonyl (C=O) groups is 3. The first-order chi connectivity index (χ1) is 20.1.